The van der Waals surface area contributed by atoms with Crippen molar-refractivity contribution in [3.63, 3.8) is 0 Å². The molecule has 1 aliphatic carbocycles. The SMILES string of the molecule is CCNC(c1ccccc1Cl)C1CCCCCCC1. The molecule has 1 aromatic rings. The molecule has 0 spiro atoms. The second-order valence-corrected chi connectivity index (χ2v) is 6.07. The number of rotatable bonds is 4. The fourth-order valence-electron chi connectivity index (χ4n) is 3.30. The van der Waals surface area contributed by atoms with E-state index < -0.39 is 0 Å². The Labute approximate surface area is 122 Å². The Morgan fingerprint density at radius 3 is 2.37 bits per heavy atom. The van der Waals surface area contributed by atoms with Crippen LogP contribution in [0.15, 0.2) is 24.3 Å². The van der Waals surface area contributed by atoms with Gasteiger partial charge in [-0.15, -0.1) is 0 Å². The second-order valence-electron chi connectivity index (χ2n) is 5.66. The standard InChI is InChI=1S/C17H26ClN/c1-2-19-17(15-12-8-9-13-16(15)18)14-10-6-4-3-5-7-11-14/h8-9,12-14,17,19H,2-7,10-11H2,1H3. The van der Waals surface area contributed by atoms with E-state index in [1.54, 1.807) is 0 Å². The van der Waals surface area contributed by atoms with Crippen molar-refractivity contribution in [2.24, 2.45) is 5.92 Å². The first-order valence-electron chi connectivity index (χ1n) is 7.80. The molecule has 0 aliphatic heterocycles. The van der Waals surface area contributed by atoms with E-state index in [1.807, 2.05) is 12.1 Å². The molecule has 0 amide bonds. The molecule has 1 aliphatic rings. The number of hydrogen-bond donors (Lipinski definition) is 1. The van der Waals surface area contributed by atoms with E-state index in [0.29, 0.717) is 6.04 Å². The second kappa shape index (κ2) is 7.91. The van der Waals surface area contributed by atoms with E-state index in [0.717, 1.165) is 17.5 Å². The van der Waals surface area contributed by atoms with Crippen LogP contribution in [0.25, 0.3) is 0 Å². The summed E-state index contributed by atoms with van der Waals surface area (Å²) in [6, 6.07) is 8.76. The van der Waals surface area contributed by atoms with Crippen LogP contribution in [-0.2, 0) is 0 Å². The minimum absolute atomic E-state index is 0.428. The van der Waals surface area contributed by atoms with Crippen LogP contribution in [-0.4, -0.2) is 6.54 Å². The van der Waals surface area contributed by atoms with E-state index in [9.17, 15) is 0 Å². The quantitative estimate of drug-likeness (QED) is 0.783. The Morgan fingerprint density at radius 1 is 1.11 bits per heavy atom. The highest BCUT2D eigenvalue weighted by Crippen LogP contribution is 2.35. The lowest BCUT2D eigenvalue weighted by Crippen LogP contribution is -2.29. The van der Waals surface area contributed by atoms with E-state index in [-0.39, 0.29) is 0 Å². The van der Waals surface area contributed by atoms with Gasteiger partial charge in [-0.3, -0.25) is 0 Å². The van der Waals surface area contributed by atoms with Crippen LogP contribution in [0.5, 0.6) is 0 Å². The van der Waals surface area contributed by atoms with Gasteiger partial charge in [0.25, 0.3) is 0 Å². The van der Waals surface area contributed by atoms with Crippen LogP contribution in [0.4, 0.5) is 0 Å². The highest BCUT2D eigenvalue weighted by Gasteiger charge is 2.24. The van der Waals surface area contributed by atoms with E-state index >= 15 is 0 Å². The molecular formula is C17H26ClN. The summed E-state index contributed by atoms with van der Waals surface area (Å²) in [6.45, 7) is 3.19. The molecule has 106 valence electrons. The van der Waals surface area contributed by atoms with Gasteiger partial charge in [0, 0.05) is 11.1 Å². The molecule has 0 bridgehead atoms. The van der Waals surface area contributed by atoms with Gasteiger partial charge in [-0.2, -0.15) is 0 Å². The molecule has 1 nitrogen and oxygen atoms in total. The van der Waals surface area contributed by atoms with Crippen LogP contribution < -0.4 is 5.32 Å². The van der Waals surface area contributed by atoms with Crippen molar-refractivity contribution >= 4 is 11.6 Å². The molecule has 1 fully saturated rings. The smallest absolute Gasteiger partial charge is 0.0453 e. The van der Waals surface area contributed by atoms with Gasteiger partial charge in [0.15, 0.2) is 0 Å². The van der Waals surface area contributed by atoms with Gasteiger partial charge in [0.05, 0.1) is 0 Å². The average Bonchev–Trinajstić information content (AvgIpc) is 2.37. The summed E-state index contributed by atoms with van der Waals surface area (Å²) in [7, 11) is 0. The predicted molar refractivity (Wildman–Crippen MR) is 83.7 cm³/mol. The Balaban J connectivity index is 2.15. The van der Waals surface area contributed by atoms with E-state index in [1.165, 1.54) is 50.5 Å². The van der Waals surface area contributed by atoms with E-state index in [2.05, 4.69) is 24.4 Å². The Kier molecular flexibility index (Phi) is 6.19. The van der Waals surface area contributed by atoms with Gasteiger partial charge < -0.3 is 5.32 Å². The molecule has 0 radical (unpaired) electrons. The third-order valence-corrected chi connectivity index (χ3v) is 4.63. The zero-order valence-corrected chi connectivity index (χ0v) is 12.8. The molecular weight excluding hydrogens is 254 g/mol. The largest absolute Gasteiger partial charge is 0.310 e. The summed E-state index contributed by atoms with van der Waals surface area (Å²) in [5.74, 6) is 0.736. The van der Waals surface area contributed by atoms with Crippen molar-refractivity contribution in [1.29, 1.82) is 0 Å². The van der Waals surface area contributed by atoms with E-state index in [4.69, 9.17) is 11.6 Å². The topological polar surface area (TPSA) is 12.0 Å². The lowest BCUT2D eigenvalue weighted by atomic mass is 9.83. The Bertz CT molecular complexity index is 369. The third-order valence-electron chi connectivity index (χ3n) is 4.29. The van der Waals surface area contributed by atoms with Gasteiger partial charge in [0.2, 0.25) is 0 Å². The minimum Gasteiger partial charge on any atom is -0.310 e. The normalized spacial score (nSPS) is 19.7. The predicted octanol–water partition coefficient (Wildman–Crippen LogP) is 5.35. The third kappa shape index (κ3) is 4.22. The zero-order chi connectivity index (χ0) is 13.5. The monoisotopic (exact) mass is 279 g/mol. The first kappa shape index (κ1) is 14.9. The molecule has 19 heavy (non-hydrogen) atoms. The molecule has 1 atom stereocenters. The lowest BCUT2D eigenvalue weighted by Gasteiger charge is -2.30. The maximum Gasteiger partial charge on any atom is 0.0453 e. The fourth-order valence-corrected chi connectivity index (χ4v) is 3.55. The zero-order valence-electron chi connectivity index (χ0n) is 12.0. The van der Waals surface area contributed by atoms with Gasteiger partial charge in [-0.05, 0) is 36.9 Å². The molecule has 1 unspecified atom stereocenters. The van der Waals surface area contributed by atoms with Crippen molar-refractivity contribution < 1.29 is 0 Å². The first-order valence-corrected chi connectivity index (χ1v) is 8.18. The number of hydrogen-bond acceptors (Lipinski definition) is 1. The summed E-state index contributed by atoms with van der Waals surface area (Å²) in [4.78, 5) is 0. The van der Waals surface area contributed by atoms with Crippen LogP contribution in [0.3, 0.4) is 0 Å². The molecule has 0 heterocycles. The van der Waals surface area contributed by atoms with Crippen molar-refractivity contribution in [2.75, 3.05) is 6.54 Å². The van der Waals surface area contributed by atoms with Crippen LogP contribution >= 0.6 is 11.6 Å². The highest BCUT2D eigenvalue weighted by molar-refractivity contribution is 6.31. The number of halogens is 1. The molecule has 0 aromatic heterocycles. The summed E-state index contributed by atoms with van der Waals surface area (Å²) in [5.41, 5.74) is 1.29. The molecule has 1 N–H and O–H groups in total. The maximum absolute atomic E-state index is 6.41. The van der Waals surface area contributed by atoms with Crippen LogP contribution in [0, 0.1) is 5.92 Å². The molecule has 1 saturated carbocycles. The van der Waals surface area contributed by atoms with Gasteiger partial charge >= 0.3 is 0 Å². The van der Waals surface area contributed by atoms with Crippen molar-refractivity contribution in [2.45, 2.75) is 57.9 Å². The first-order chi connectivity index (χ1) is 9.33. The molecule has 2 heteroatoms. The Morgan fingerprint density at radius 2 is 1.74 bits per heavy atom. The lowest BCUT2D eigenvalue weighted by molar-refractivity contribution is 0.291. The summed E-state index contributed by atoms with van der Waals surface area (Å²) >= 11 is 6.41. The van der Waals surface area contributed by atoms with Gasteiger partial charge in [-0.25, -0.2) is 0 Å². The van der Waals surface area contributed by atoms with Crippen molar-refractivity contribution in [1.82, 2.24) is 5.32 Å². The summed E-state index contributed by atoms with van der Waals surface area (Å²) < 4.78 is 0. The summed E-state index contributed by atoms with van der Waals surface area (Å²) in [5, 5.41) is 4.59. The average molecular weight is 280 g/mol. The highest BCUT2D eigenvalue weighted by atomic mass is 35.5. The number of benzene rings is 1. The maximum atomic E-state index is 6.41. The fraction of sp³-hybridized carbons (Fsp3) is 0.647. The summed E-state index contributed by atoms with van der Waals surface area (Å²) in [6.07, 6.45) is 9.64. The van der Waals surface area contributed by atoms with Gasteiger partial charge in [-0.1, -0.05) is 68.8 Å². The molecule has 1 aromatic carbocycles. The van der Waals surface area contributed by atoms with Crippen LogP contribution in [0.1, 0.15) is 63.5 Å². The minimum atomic E-state index is 0.428. The van der Waals surface area contributed by atoms with Crippen LogP contribution in [0.2, 0.25) is 5.02 Å². The van der Waals surface area contributed by atoms with Gasteiger partial charge in [0.1, 0.15) is 0 Å². The number of nitrogens with one attached hydrogen (secondary N) is 1. The molecule has 2 rings (SSSR count). The van der Waals surface area contributed by atoms with Crippen molar-refractivity contribution in [3.8, 4) is 0 Å². The Hall–Kier alpha value is -0.530. The van der Waals surface area contributed by atoms with Crippen molar-refractivity contribution in [3.05, 3.63) is 34.9 Å². The molecule has 0 saturated heterocycles.